The standard InChI is InChI=1S/C21H24ClN3O6S/c1-30-18-8-6-15(12-19(18)32(28,29)25-9-3-2-4-10-25)24-20(26)13-31-17-7-5-14(22)11-16(17)21(23)27/h5-8,11-12H,2-4,9-10,13H2,1H3,(H2,23,27)(H,24,26). The fourth-order valence-electron chi connectivity index (χ4n) is 3.36. The van der Waals surface area contributed by atoms with Gasteiger partial charge in [-0.25, -0.2) is 8.42 Å². The number of carbonyl (C=O) groups is 2. The highest BCUT2D eigenvalue weighted by atomic mass is 35.5. The van der Waals surface area contributed by atoms with Gasteiger partial charge in [0, 0.05) is 23.8 Å². The maximum absolute atomic E-state index is 13.1. The maximum atomic E-state index is 13.1. The Morgan fingerprint density at radius 3 is 2.44 bits per heavy atom. The van der Waals surface area contributed by atoms with Crippen molar-refractivity contribution in [3.63, 3.8) is 0 Å². The molecular weight excluding hydrogens is 458 g/mol. The van der Waals surface area contributed by atoms with Gasteiger partial charge < -0.3 is 20.5 Å². The van der Waals surface area contributed by atoms with E-state index in [1.54, 1.807) is 0 Å². The largest absolute Gasteiger partial charge is 0.495 e. The van der Waals surface area contributed by atoms with Gasteiger partial charge in [-0.1, -0.05) is 18.0 Å². The SMILES string of the molecule is COc1ccc(NC(=O)COc2ccc(Cl)cc2C(N)=O)cc1S(=O)(=O)N1CCCCC1. The van der Waals surface area contributed by atoms with Crippen molar-refractivity contribution in [1.29, 1.82) is 0 Å². The van der Waals surface area contributed by atoms with E-state index in [4.69, 9.17) is 26.8 Å². The Bertz CT molecular complexity index is 1120. The van der Waals surface area contributed by atoms with Crippen molar-refractivity contribution in [2.24, 2.45) is 5.73 Å². The van der Waals surface area contributed by atoms with Crippen LogP contribution in [0.5, 0.6) is 11.5 Å². The van der Waals surface area contributed by atoms with E-state index in [1.165, 1.54) is 47.8 Å². The van der Waals surface area contributed by atoms with Gasteiger partial charge >= 0.3 is 0 Å². The minimum absolute atomic E-state index is 0.0191. The van der Waals surface area contributed by atoms with Gasteiger partial charge in [-0.3, -0.25) is 9.59 Å². The number of hydrogen-bond donors (Lipinski definition) is 2. The summed E-state index contributed by atoms with van der Waals surface area (Å²) in [5.74, 6) is -0.996. The van der Waals surface area contributed by atoms with Gasteiger partial charge in [0.05, 0.1) is 12.7 Å². The van der Waals surface area contributed by atoms with Gasteiger partial charge in [0.25, 0.3) is 11.8 Å². The number of nitrogens with zero attached hydrogens (tertiary/aromatic N) is 1. The van der Waals surface area contributed by atoms with Gasteiger partial charge in [0.15, 0.2) is 6.61 Å². The third-order valence-electron chi connectivity index (χ3n) is 4.95. The number of primary amides is 1. The number of halogens is 1. The number of ether oxygens (including phenoxy) is 2. The van der Waals surface area contributed by atoms with Crippen LogP contribution >= 0.6 is 11.6 Å². The fourth-order valence-corrected chi connectivity index (χ4v) is 5.23. The van der Waals surface area contributed by atoms with Gasteiger partial charge in [-0.2, -0.15) is 4.31 Å². The number of methoxy groups -OCH3 is 1. The molecule has 0 aliphatic carbocycles. The number of piperidine rings is 1. The average Bonchev–Trinajstić information content (AvgIpc) is 2.78. The summed E-state index contributed by atoms with van der Waals surface area (Å²) in [6.45, 7) is 0.459. The summed E-state index contributed by atoms with van der Waals surface area (Å²) in [7, 11) is -2.39. The van der Waals surface area contributed by atoms with E-state index in [0.29, 0.717) is 18.1 Å². The van der Waals surface area contributed by atoms with Crippen molar-refractivity contribution in [1.82, 2.24) is 4.31 Å². The van der Waals surface area contributed by atoms with Crippen molar-refractivity contribution >= 4 is 39.1 Å². The first-order valence-electron chi connectivity index (χ1n) is 9.92. The summed E-state index contributed by atoms with van der Waals surface area (Å²) in [5, 5.41) is 2.90. The summed E-state index contributed by atoms with van der Waals surface area (Å²) < 4.78 is 38.3. The first-order chi connectivity index (χ1) is 15.2. The van der Waals surface area contributed by atoms with Crippen LogP contribution in [-0.4, -0.2) is 51.3 Å². The molecule has 0 unspecified atom stereocenters. The molecule has 0 saturated carbocycles. The molecular formula is C21H24ClN3O6S. The third kappa shape index (κ3) is 5.50. The van der Waals surface area contributed by atoms with Crippen molar-refractivity contribution in [3.05, 3.63) is 47.0 Å². The molecule has 32 heavy (non-hydrogen) atoms. The first kappa shape index (κ1) is 23.8. The van der Waals surface area contributed by atoms with Crippen LogP contribution in [0.3, 0.4) is 0 Å². The number of hydrogen-bond acceptors (Lipinski definition) is 6. The summed E-state index contributed by atoms with van der Waals surface area (Å²) >= 11 is 5.86. The molecule has 1 aliphatic heterocycles. The Morgan fingerprint density at radius 1 is 1.09 bits per heavy atom. The molecule has 0 radical (unpaired) electrons. The zero-order chi connectivity index (χ0) is 23.3. The molecule has 0 aromatic heterocycles. The predicted molar refractivity (Wildman–Crippen MR) is 120 cm³/mol. The molecule has 172 valence electrons. The molecule has 1 aliphatic rings. The molecule has 1 saturated heterocycles. The van der Waals surface area contributed by atoms with E-state index < -0.39 is 28.4 Å². The third-order valence-corrected chi connectivity index (χ3v) is 7.10. The van der Waals surface area contributed by atoms with E-state index in [-0.39, 0.29) is 27.6 Å². The number of benzene rings is 2. The number of amides is 2. The predicted octanol–water partition coefficient (Wildman–Crippen LogP) is 2.64. The molecule has 0 spiro atoms. The second kappa shape index (κ2) is 10.2. The van der Waals surface area contributed by atoms with E-state index in [2.05, 4.69) is 5.32 Å². The molecule has 1 fully saturated rings. The highest BCUT2D eigenvalue weighted by Gasteiger charge is 2.29. The van der Waals surface area contributed by atoms with Crippen LogP contribution in [0.15, 0.2) is 41.3 Å². The Hall–Kier alpha value is -2.82. The molecule has 11 heteroatoms. The van der Waals surface area contributed by atoms with Gasteiger partial charge in [-0.05, 0) is 49.2 Å². The van der Waals surface area contributed by atoms with Crippen molar-refractivity contribution in [2.75, 3.05) is 32.1 Å². The summed E-state index contributed by atoms with van der Waals surface area (Å²) in [5.41, 5.74) is 5.62. The topological polar surface area (TPSA) is 128 Å². The molecule has 0 bridgehead atoms. The normalized spacial score (nSPS) is 14.6. The molecule has 3 N–H and O–H groups in total. The van der Waals surface area contributed by atoms with Crippen molar-refractivity contribution in [2.45, 2.75) is 24.2 Å². The second-order valence-electron chi connectivity index (χ2n) is 7.17. The zero-order valence-electron chi connectivity index (χ0n) is 17.5. The van der Waals surface area contributed by atoms with Gasteiger partial charge in [0.2, 0.25) is 10.0 Å². The molecule has 3 rings (SSSR count). The lowest BCUT2D eigenvalue weighted by molar-refractivity contribution is -0.118. The average molecular weight is 482 g/mol. The highest BCUT2D eigenvalue weighted by Crippen LogP contribution is 2.31. The fraction of sp³-hybridized carbons (Fsp3) is 0.333. The van der Waals surface area contributed by atoms with Crippen molar-refractivity contribution in [3.8, 4) is 11.5 Å². The number of anilines is 1. The van der Waals surface area contributed by atoms with Crippen LogP contribution in [-0.2, 0) is 14.8 Å². The number of sulfonamides is 1. The molecule has 2 amide bonds. The Balaban J connectivity index is 1.75. The Labute approximate surface area is 191 Å². The van der Waals surface area contributed by atoms with Crippen LogP contribution in [0.1, 0.15) is 29.6 Å². The van der Waals surface area contributed by atoms with Gasteiger partial charge in [0.1, 0.15) is 16.4 Å². The van der Waals surface area contributed by atoms with Crippen LogP contribution < -0.4 is 20.5 Å². The lowest BCUT2D eigenvalue weighted by Crippen LogP contribution is -2.35. The molecule has 2 aromatic rings. The molecule has 2 aromatic carbocycles. The van der Waals surface area contributed by atoms with Crippen LogP contribution in [0.2, 0.25) is 5.02 Å². The number of nitrogens with two attached hydrogens (primary N) is 1. The number of nitrogens with one attached hydrogen (secondary N) is 1. The Morgan fingerprint density at radius 2 is 1.78 bits per heavy atom. The monoisotopic (exact) mass is 481 g/mol. The smallest absolute Gasteiger partial charge is 0.262 e. The van der Waals surface area contributed by atoms with E-state index in [0.717, 1.165) is 19.3 Å². The lowest BCUT2D eigenvalue weighted by atomic mass is 10.2. The highest BCUT2D eigenvalue weighted by molar-refractivity contribution is 7.89. The maximum Gasteiger partial charge on any atom is 0.262 e. The quantitative estimate of drug-likeness (QED) is 0.596. The van der Waals surface area contributed by atoms with E-state index >= 15 is 0 Å². The number of rotatable bonds is 8. The number of carbonyl (C=O) groups excluding carboxylic acids is 2. The summed E-state index contributed by atoms with van der Waals surface area (Å²) in [6, 6.07) is 8.66. The van der Waals surface area contributed by atoms with Crippen LogP contribution in [0.25, 0.3) is 0 Å². The molecule has 9 nitrogen and oxygen atoms in total. The summed E-state index contributed by atoms with van der Waals surface area (Å²) in [6.07, 6.45) is 2.59. The first-order valence-corrected chi connectivity index (χ1v) is 11.7. The lowest BCUT2D eigenvalue weighted by Gasteiger charge is -2.26. The van der Waals surface area contributed by atoms with Crippen LogP contribution in [0.4, 0.5) is 5.69 Å². The second-order valence-corrected chi connectivity index (χ2v) is 9.51. The minimum Gasteiger partial charge on any atom is -0.495 e. The summed E-state index contributed by atoms with van der Waals surface area (Å²) in [4.78, 5) is 23.9. The van der Waals surface area contributed by atoms with E-state index in [9.17, 15) is 18.0 Å². The van der Waals surface area contributed by atoms with Crippen LogP contribution in [0, 0.1) is 0 Å². The van der Waals surface area contributed by atoms with Crippen molar-refractivity contribution < 1.29 is 27.5 Å². The zero-order valence-corrected chi connectivity index (χ0v) is 19.0. The minimum atomic E-state index is -3.78. The molecule has 0 atom stereocenters. The molecule has 1 heterocycles. The Kier molecular flexibility index (Phi) is 7.60. The van der Waals surface area contributed by atoms with Gasteiger partial charge in [-0.15, -0.1) is 0 Å². The van der Waals surface area contributed by atoms with E-state index in [1.807, 2.05) is 0 Å².